The molecule has 0 aromatic carbocycles. The minimum Gasteiger partial charge on any atom is -0.207 e. The van der Waals surface area contributed by atoms with Crippen molar-refractivity contribution in [2.45, 2.75) is 20.8 Å². The Hall–Kier alpha value is -0.590. The van der Waals surface area contributed by atoms with Crippen molar-refractivity contribution in [3.05, 3.63) is 23.6 Å². The molecule has 0 unspecified atom stereocenters. The number of hydrogen-bond donors (Lipinski definition) is 0. The second-order valence-electron chi connectivity index (χ2n) is 1.85. The van der Waals surface area contributed by atoms with Crippen LogP contribution in [0.1, 0.15) is 20.8 Å². The van der Waals surface area contributed by atoms with E-state index in [1.54, 1.807) is 26.8 Å². The molecule has 0 aliphatic rings. The van der Waals surface area contributed by atoms with Crippen LogP contribution >= 0.6 is 0 Å². The van der Waals surface area contributed by atoms with Crippen LogP contribution < -0.4 is 0 Å². The van der Waals surface area contributed by atoms with Gasteiger partial charge in [0.2, 0.25) is 0 Å². The van der Waals surface area contributed by atoms with Crippen LogP contribution in [0.4, 0.5) is 4.39 Å². The van der Waals surface area contributed by atoms with Gasteiger partial charge in [0.25, 0.3) is 0 Å². The van der Waals surface area contributed by atoms with Gasteiger partial charge in [0.15, 0.2) is 0 Å². The zero-order valence-electron chi connectivity index (χ0n) is 5.53. The van der Waals surface area contributed by atoms with Crippen LogP contribution in [0.25, 0.3) is 0 Å². The zero-order valence-corrected chi connectivity index (χ0v) is 5.53. The molecule has 0 aliphatic carbocycles. The lowest BCUT2D eigenvalue weighted by atomic mass is 10.3. The van der Waals surface area contributed by atoms with Crippen LogP contribution in [0, 0.1) is 0 Å². The van der Waals surface area contributed by atoms with Crippen molar-refractivity contribution in [2.75, 3.05) is 0 Å². The van der Waals surface area contributed by atoms with Gasteiger partial charge in [0, 0.05) is 0 Å². The van der Waals surface area contributed by atoms with Gasteiger partial charge in [-0.2, -0.15) is 0 Å². The maximum atomic E-state index is 12.3. The van der Waals surface area contributed by atoms with E-state index in [1.807, 2.05) is 0 Å². The molecule has 0 aliphatic heterocycles. The third-order valence-electron chi connectivity index (χ3n) is 0.791. The third kappa shape index (κ3) is 2.56. The van der Waals surface area contributed by atoms with Crippen molar-refractivity contribution < 1.29 is 4.39 Å². The molecule has 0 saturated carbocycles. The predicted molar refractivity (Wildman–Crippen MR) is 34.3 cm³/mol. The Bertz CT molecular complexity index is 116. The van der Waals surface area contributed by atoms with E-state index in [1.165, 1.54) is 6.08 Å². The fraction of sp³-hybridized carbons (Fsp3) is 0.429. The topological polar surface area (TPSA) is 0 Å². The van der Waals surface area contributed by atoms with Gasteiger partial charge in [0.05, 0.1) is 0 Å². The Morgan fingerprint density at radius 3 is 2.00 bits per heavy atom. The summed E-state index contributed by atoms with van der Waals surface area (Å²) in [5, 5.41) is 0. The molecule has 0 radical (unpaired) electrons. The SMILES string of the molecule is C/C=C\C(F)=C(C)C. The van der Waals surface area contributed by atoms with E-state index >= 15 is 0 Å². The quantitative estimate of drug-likeness (QED) is 0.460. The minimum absolute atomic E-state index is 0.132. The van der Waals surface area contributed by atoms with E-state index in [4.69, 9.17) is 0 Å². The summed E-state index contributed by atoms with van der Waals surface area (Å²) in [4.78, 5) is 0. The van der Waals surface area contributed by atoms with Gasteiger partial charge in [0.1, 0.15) is 5.83 Å². The standard InChI is InChI=1S/C7H11F/c1-4-5-7(8)6(2)3/h4-5H,1-3H3/b5-4-. The fourth-order valence-corrected chi connectivity index (χ4v) is 0.313. The van der Waals surface area contributed by atoms with Gasteiger partial charge in [-0.1, -0.05) is 6.08 Å². The summed E-state index contributed by atoms with van der Waals surface area (Å²) in [5.74, 6) is -0.132. The Balaban J connectivity index is 4.00. The smallest absolute Gasteiger partial charge is 0.121 e. The molecule has 1 heteroatoms. The first kappa shape index (κ1) is 7.41. The second-order valence-corrected chi connectivity index (χ2v) is 1.85. The molecule has 0 rings (SSSR count). The molecule has 0 saturated heterocycles. The molecule has 0 bridgehead atoms. The number of hydrogen-bond acceptors (Lipinski definition) is 0. The normalized spacial score (nSPS) is 10.0. The largest absolute Gasteiger partial charge is 0.207 e. The monoisotopic (exact) mass is 114 g/mol. The first-order valence-corrected chi connectivity index (χ1v) is 2.64. The Kier molecular flexibility index (Phi) is 3.16. The zero-order chi connectivity index (χ0) is 6.57. The Morgan fingerprint density at radius 2 is 1.88 bits per heavy atom. The molecule has 0 heterocycles. The van der Waals surface area contributed by atoms with Crippen molar-refractivity contribution in [3.8, 4) is 0 Å². The maximum absolute atomic E-state index is 12.3. The van der Waals surface area contributed by atoms with E-state index in [0.29, 0.717) is 0 Å². The molecular weight excluding hydrogens is 103 g/mol. The summed E-state index contributed by atoms with van der Waals surface area (Å²) in [6.07, 6.45) is 3.14. The van der Waals surface area contributed by atoms with Crippen LogP contribution in [0.5, 0.6) is 0 Å². The summed E-state index contributed by atoms with van der Waals surface area (Å²) in [6.45, 7) is 5.28. The molecule has 0 atom stereocenters. The van der Waals surface area contributed by atoms with E-state index in [2.05, 4.69) is 0 Å². The minimum atomic E-state index is -0.132. The molecule has 0 N–H and O–H groups in total. The molecule has 0 aromatic heterocycles. The van der Waals surface area contributed by atoms with Crippen LogP contribution in [0.2, 0.25) is 0 Å². The Labute approximate surface area is 49.7 Å². The summed E-state index contributed by atoms with van der Waals surface area (Å²) < 4.78 is 12.3. The van der Waals surface area contributed by atoms with Crippen LogP contribution in [0.3, 0.4) is 0 Å². The van der Waals surface area contributed by atoms with Gasteiger partial charge in [-0.25, -0.2) is 4.39 Å². The molecular formula is C7H11F. The highest BCUT2D eigenvalue weighted by atomic mass is 19.1. The van der Waals surface area contributed by atoms with Gasteiger partial charge in [-0.05, 0) is 32.4 Å². The average molecular weight is 114 g/mol. The highest BCUT2D eigenvalue weighted by molar-refractivity contribution is 5.15. The van der Waals surface area contributed by atoms with E-state index in [0.717, 1.165) is 5.57 Å². The summed E-state index contributed by atoms with van der Waals surface area (Å²) in [5.41, 5.74) is 0.725. The van der Waals surface area contributed by atoms with E-state index in [9.17, 15) is 4.39 Å². The highest BCUT2D eigenvalue weighted by Gasteiger charge is 1.86. The van der Waals surface area contributed by atoms with E-state index < -0.39 is 0 Å². The molecule has 0 amide bonds. The van der Waals surface area contributed by atoms with Gasteiger partial charge < -0.3 is 0 Å². The van der Waals surface area contributed by atoms with E-state index in [-0.39, 0.29) is 5.83 Å². The second kappa shape index (κ2) is 3.42. The van der Waals surface area contributed by atoms with Crippen LogP contribution in [-0.2, 0) is 0 Å². The lowest BCUT2D eigenvalue weighted by Gasteiger charge is -1.87. The van der Waals surface area contributed by atoms with Gasteiger partial charge >= 0.3 is 0 Å². The number of halogens is 1. The number of allylic oxidation sites excluding steroid dienone is 4. The van der Waals surface area contributed by atoms with Crippen LogP contribution in [0.15, 0.2) is 23.6 Å². The van der Waals surface area contributed by atoms with Crippen molar-refractivity contribution in [2.24, 2.45) is 0 Å². The number of rotatable bonds is 1. The van der Waals surface area contributed by atoms with Crippen molar-refractivity contribution >= 4 is 0 Å². The molecule has 0 fully saturated rings. The average Bonchev–Trinajstić information content (AvgIpc) is 1.67. The lowest BCUT2D eigenvalue weighted by Crippen LogP contribution is -1.68. The van der Waals surface area contributed by atoms with Crippen molar-refractivity contribution in [3.63, 3.8) is 0 Å². The molecule has 0 aromatic rings. The van der Waals surface area contributed by atoms with Crippen molar-refractivity contribution in [1.29, 1.82) is 0 Å². The van der Waals surface area contributed by atoms with Crippen LogP contribution in [-0.4, -0.2) is 0 Å². The first-order valence-electron chi connectivity index (χ1n) is 2.64. The summed E-state index contributed by atoms with van der Waals surface area (Å²) >= 11 is 0. The maximum Gasteiger partial charge on any atom is 0.121 e. The molecule has 0 spiro atoms. The molecule has 46 valence electrons. The predicted octanol–water partition coefficient (Wildman–Crippen LogP) is 2.83. The lowest BCUT2D eigenvalue weighted by molar-refractivity contribution is 0.654. The third-order valence-corrected chi connectivity index (χ3v) is 0.791. The molecule has 8 heavy (non-hydrogen) atoms. The summed E-state index contributed by atoms with van der Waals surface area (Å²) in [6, 6.07) is 0. The fourth-order valence-electron chi connectivity index (χ4n) is 0.313. The Morgan fingerprint density at radius 1 is 1.38 bits per heavy atom. The summed E-state index contributed by atoms with van der Waals surface area (Å²) in [7, 11) is 0. The first-order chi connectivity index (χ1) is 3.68. The van der Waals surface area contributed by atoms with Crippen molar-refractivity contribution in [1.82, 2.24) is 0 Å². The van der Waals surface area contributed by atoms with Gasteiger partial charge in [-0.15, -0.1) is 0 Å². The molecule has 0 nitrogen and oxygen atoms in total. The van der Waals surface area contributed by atoms with Gasteiger partial charge in [-0.3, -0.25) is 0 Å². The highest BCUT2D eigenvalue weighted by Crippen LogP contribution is 2.04.